The topological polar surface area (TPSA) is 105 Å². The van der Waals surface area contributed by atoms with Crippen molar-refractivity contribution < 1.29 is 28.7 Å². The summed E-state index contributed by atoms with van der Waals surface area (Å²) in [6, 6.07) is 20.4. The lowest BCUT2D eigenvalue weighted by atomic mass is 9.74. The quantitative estimate of drug-likeness (QED) is 0.0898. The van der Waals surface area contributed by atoms with Gasteiger partial charge in [0.2, 0.25) is 11.7 Å². The number of benzene rings is 3. The Balaban J connectivity index is 1.97. The summed E-state index contributed by atoms with van der Waals surface area (Å²) in [5.74, 6) is -0.659. The maximum absolute atomic E-state index is 13.8. The SMILES string of the molecule is COc1ccc(COC(=O)C(C)(C(=O)Sc2ccc(OC)cc2)C(C[N+](=O)[O-])c2ccc(Br)cc2)cc1. The Bertz CT molecular complexity index is 1230. The highest BCUT2D eigenvalue weighted by Crippen LogP contribution is 2.43. The molecule has 0 aliphatic rings. The van der Waals surface area contributed by atoms with E-state index in [-0.39, 0.29) is 6.61 Å². The van der Waals surface area contributed by atoms with Crippen molar-refractivity contribution in [2.45, 2.75) is 24.3 Å². The normalized spacial score (nSPS) is 13.2. The van der Waals surface area contributed by atoms with E-state index < -0.39 is 33.9 Å². The Hall–Kier alpha value is -3.37. The zero-order valence-electron chi connectivity index (χ0n) is 20.5. The van der Waals surface area contributed by atoms with Gasteiger partial charge in [0.15, 0.2) is 0 Å². The van der Waals surface area contributed by atoms with Crippen LogP contribution >= 0.6 is 27.7 Å². The van der Waals surface area contributed by atoms with Crippen molar-refractivity contribution in [1.82, 2.24) is 0 Å². The van der Waals surface area contributed by atoms with E-state index in [2.05, 4.69) is 15.9 Å². The number of ether oxygens (including phenoxy) is 3. The summed E-state index contributed by atoms with van der Waals surface area (Å²) in [6.07, 6.45) is 0. The zero-order valence-corrected chi connectivity index (χ0v) is 22.9. The Kier molecular flexibility index (Phi) is 9.71. The minimum Gasteiger partial charge on any atom is -0.497 e. The highest BCUT2D eigenvalue weighted by atomic mass is 79.9. The van der Waals surface area contributed by atoms with Gasteiger partial charge in [0.25, 0.3) is 0 Å². The molecule has 0 heterocycles. The first kappa shape index (κ1) is 28.2. The van der Waals surface area contributed by atoms with Gasteiger partial charge in [-0.25, -0.2) is 0 Å². The van der Waals surface area contributed by atoms with Gasteiger partial charge in [-0.3, -0.25) is 19.7 Å². The third-order valence-corrected chi connectivity index (χ3v) is 7.59. The fraction of sp³-hybridized carbons (Fsp3) is 0.259. The third-order valence-electron chi connectivity index (χ3n) is 5.95. The molecule has 10 heteroatoms. The van der Waals surface area contributed by atoms with Crippen LogP contribution in [-0.4, -0.2) is 36.8 Å². The molecular weight excluding hydrogens is 562 g/mol. The van der Waals surface area contributed by atoms with E-state index in [0.29, 0.717) is 27.5 Å². The molecule has 0 aromatic heterocycles. The minimum absolute atomic E-state index is 0.107. The summed E-state index contributed by atoms with van der Waals surface area (Å²) in [4.78, 5) is 39.2. The average Bonchev–Trinajstić information content (AvgIpc) is 2.91. The monoisotopic (exact) mass is 587 g/mol. The maximum atomic E-state index is 13.8. The number of esters is 1. The van der Waals surface area contributed by atoms with Gasteiger partial charge in [0.05, 0.1) is 20.1 Å². The van der Waals surface area contributed by atoms with Crippen LogP contribution in [-0.2, 0) is 20.9 Å². The van der Waals surface area contributed by atoms with Crippen LogP contribution in [0.5, 0.6) is 11.5 Å². The zero-order chi connectivity index (χ0) is 27.0. The second kappa shape index (κ2) is 12.7. The fourth-order valence-electron chi connectivity index (χ4n) is 3.71. The van der Waals surface area contributed by atoms with Crippen LogP contribution < -0.4 is 9.47 Å². The van der Waals surface area contributed by atoms with E-state index in [9.17, 15) is 19.7 Å². The Morgan fingerprint density at radius 1 is 0.946 bits per heavy atom. The number of methoxy groups -OCH3 is 2. The van der Waals surface area contributed by atoms with Gasteiger partial charge < -0.3 is 14.2 Å². The van der Waals surface area contributed by atoms with Gasteiger partial charge in [-0.2, -0.15) is 0 Å². The number of nitro groups is 1. The summed E-state index contributed by atoms with van der Waals surface area (Å²) >= 11 is 4.19. The summed E-state index contributed by atoms with van der Waals surface area (Å²) in [6.45, 7) is 0.674. The molecule has 2 unspecified atom stereocenters. The smallest absolute Gasteiger partial charge is 0.321 e. The van der Waals surface area contributed by atoms with Crippen LogP contribution in [0.1, 0.15) is 24.0 Å². The van der Waals surface area contributed by atoms with Crippen LogP contribution in [0.15, 0.2) is 82.2 Å². The molecule has 3 aromatic carbocycles. The minimum atomic E-state index is -1.86. The summed E-state index contributed by atoms with van der Waals surface area (Å²) in [5, 5.41) is 11.1. The molecule has 0 bridgehead atoms. The molecule has 0 aliphatic heterocycles. The molecule has 8 nitrogen and oxygen atoms in total. The predicted molar refractivity (Wildman–Crippen MR) is 143 cm³/mol. The number of halogens is 1. The van der Waals surface area contributed by atoms with Gasteiger partial charge in [-0.15, -0.1) is 0 Å². The lowest BCUT2D eigenvalue weighted by Crippen LogP contribution is -2.44. The molecular formula is C27H26BrNO7S. The Morgan fingerprint density at radius 2 is 1.49 bits per heavy atom. The average molecular weight is 588 g/mol. The predicted octanol–water partition coefficient (Wildman–Crippen LogP) is 5.90. The number of hydrogen-bond donors (Lipinski definition) is 0. The second-order valence-electron chi connectivity index (χ2n) is 8.31. The molecule has 3 aromatic rings. The van der Waals surface area contributed by atoms with Gasteiger partial charge in [-0.05, 0) is 66.6 Å². The lowest BCUT2D eigenvalue weighted by molar-refractivity contribution is -0.485. The number of nitrogens with zero attached hydrogens (tertiary/aromatic N) is 1. The molecule has 37 heavy (non-hydrogen) atoms. The standard InChI is InChI=1S/C27H26BrNO7S/c1-27(26(31)37-23-14-12-22(35-3)13-15-23,24(16-29(32)33)19-6-8-20(28)9-7-19)25(30)36-17-18-4-10-21(34-2)11-5-18/h4-15,24H,16-17H2,1-3H3. The third kappa shape index (κ3) is 7.11. The number of thioether (sulfide) groups is 1. The maximum Gasteiger partial charge on any atom is 0.321 e. The molecule has 2 atom stereocenters. The largest absolute Gasteiger partial charge is 0.497 e. The molecule has 3 rings (SSSR count). The van der Waals surface area contributed by atoms with Crippen LogP contribution in [0.2, 0.25) is 0 Å². The molecule has 0 saturated carbocycles. The van der Waals surface area contributed by atoms with E-state index in [1.807, 2.05) is 0 Å². The number of carbonyl (C=O) groups is 2. The van der Waals surface area contributed by atoms with Crippen molar-refractivity contribution in [1.29, 1.82) is 0 Å². The van der Waals surface area contributed by atoms with Gasteiger partial charge >= 0.3 is 5.97 Å². The van der Waals surface area contributed by atoms with E-state index in [0.717, 1.165) is 16.2 Å². The number of carbonyl (C=O) groups excluding carboxylic acids is 2. The molecule has 0 fully saturated rings. The number of rotatable bonds is 11. The van der Waals surface area contributed by atoms with Crippen LogP contribution in [0.25, 0.3) is 0 Å². The first-order valence-corrected chi connectivity index (χ1v) is 12.8. The van der Waals surface area contributed by atoms with Crippen molar-refractivity contribution in [2.24, 2.45) is 5.41 Å². The summed E-state index contributed by atoms with van der Waals surface area (Å²) in [5.41, 5.74) is -0.702. The van der Waals surface area contributed by atoms with E-state index in [4.69, 9.17) is 14.2 Å². The van der Waals surface area contributed by atoms with Gasteiger partial charge in [0.1, 0.15) is 23.5 Å². The van der Waals surface area contributed by atoms with Crippen LogP contribution in [0.4, 0.5) is 0 Å². The molecule has 0 spiro atoms. The molecule has 0 saturated heterocycles. The molecule has 0 amide bonds. The second-order valence-corrected chi connectivity index (χ2v) is 10.3. The van der Waals surface area contributed by atoms with Crippen molar-refractivity contribution in [3.8, 4) is 11.5 Å². The molecule has 0 radical (unpaired) electrons. The van der Waals surface area contributed by atoms with E-state index in [1.54, 1.807) is 79.9 Å². The van der Waals surface area contributed by atoms with Gasteiger partial charge in [-0.1, -0.05) is 52.0 Å². The fourth-order valence-corrected chi connectivity index (χ4v) is 4.90. The molecule has 0 aliphatic carbocycles. The van der Waals surface area contributed by atoms with Crippen molar-refractivity contribution in [3.05, 3.63) is 98.5 Å². The van der Waals surface area contributed by atoms with E-state index >= 15 is 0 Å². The van der Waals surface area contributed by atoms with Crippen molar-refractivity contribution >= 4 is 38.8 Å². The highest BCUT2D eigenvalue weighted by molar-refractivity contribution is 9.10. The summed E-state index contributed by atoms with van der Waals surface area (Å²) < 4.78 is 16.7. The molecule has 0 N–H and O–H groups in total. The number of hydrogen-bond acceptors (Lipinski definition) is 8. The first-order chi connectivity index (χ1) is 17.7. The lowest BCUT2D eigenvalue weighted by Gasteiger charge is -2.32. The Morgan fingerprint density at radius 3 is 2.00 bits per heavy atom. The molecule has 194 valence electrons. The first-order valence-electron chi connectivity index (χ1n) is 11.2. The van der Waals surface area contributed by atoms with Crippen LogP contribution in [0, 0.1) is 15.5 Å². The van der Waals surface area contributed by atoms with Crippen molar-refractivity contribution in [3.63, 3.8) is 0 Å². The van der Waals surface area contributed by atoms with E-state index in [1.165, 1.54) is 14.0 Å². The van der Waals surface area contributed by atoms with Crippen molar-refractivity contribution in [2.75, 3.05) is 20.8 Å². The van der Waals surface area contributed by atoms with Crippen LogP contribution in [0.3, 0.4) is 0 Å². The van der Waals surface area contributed by atoms with Gasteiger partial charge in [0, 0.05) is 14.3 Å². The summed E-state index contributed by atoms with van der Waals surface area (Å²) in [7, 11) is 3.08. The Labute approximate surface area is 227 Å². The highest BCUT2D eigenvalue weighted by Gasteiger charge is 2.52.